The molecule has 0 unspecified atom stereocenters. The van der Waals surface area contributed by atoms with E-state index in [-0.39, 0.29) is 11.4 Å². The Morgan fingerprint density at radius 1 is 0.879 bits per heavy atom. The Morgan fingerprint density at radius 3 is 2.33 bits per heavy atom. The summed E-state index contributed by atoms with van der Waals surface area (Å²) >= 11 is 5.93. The summed E-state index contributed by atoms with van der Waals surface area (Å²) in [7, 11) is -3.98. The SMILES string of the molecule is Cc1cccc(N(CC(=O)NCc2ccc3ccccc3c2)S(=O)(=O)c2ccc(Cl)cc2)c1. The van der Waals surface area contributed by atoms with Crippen LogP contribution in [0.15, 0.2) is 95.9 Å². The molecule has 0 bridgehead atoms. The molecule has 4 rings (SSSR count). The largest absolute Gasteiger partial charge is 0.350 e. The van der Waals surface area contributed by atoms with Crippen molar-refractivity contribution in [2.24, 2.45) is 0 Å². The summed E-state index contributed by atoms with van der Waals surface area (Å²) in [6.07, 6.45) is 0. The van der Waals surface area contributed by atoms with Crippen molar-refractivity contribution in [3.63, 3.8) is 0 Å². The molecule has 4 aromatic rings. The number of sulfonamides is 1. The van der Waals surface area contributed by atoms with Gasteiger partial charge < -0.3 is 5.32 Å². The average Bonchev–Trinajstić information content (AvgIpc) is 2.81. The highest BCUT2D eigenvalue weighted by atomic mass is 35.5. The minimum Gasteiger partial charge on any atom is -0.350 e. The Balaban J connectivity index is 1.56. The van der Waals surface area contributed by atoms with Crippen LogP contribution >= 0.6 is 11.6 Å². The molecular weight excluding hydrogens is 456 g/mol. The minimum absolute atomic E-state index is 0.0655. The fourth-order valence-electron chi connectivity index (χ4n) is 3.57. The second kappa shape index (κ2) is 9.65. The monoisotopic (exact) mass is 478 g/mol. The second-order valence-corrected chi connectivity index (χ2v) is 10.1. The first-order valence-corrected chi connectivity index (χ1v) is 12.2. The third kappa shape index (κ3) is 5.35. The Bertz CT molecular complexity index is 1400. The van der Waals surface area contributed by atoms with Gasteiger partial charge in [-0.15, -0.1) is 0 Å². The first-order chi connectivity index (χ1) is 15.8. The Kier molecular flexibility index (Phi) is 6.67. The first kappa shape index (κ1) is 22.8. The Labute approximate surface area is 198 Å². The molecule has 0 heterocycles. The van der Waals surface area contributed by atoms with Crippen molar-refractivity contribution in [2.75, 3.05) is 10.8 Å². The van der Waals surface area contributed by atoms with Gasteiger partial charge in [0.1, 0.15) is 6.54 Å². The number of halogens is 1. The molecule has 33 heavy (non-hydrogen) atoms. The van der Waals surface area contributed by atoms with Gasteiger partial charge in [-0.1, -0.05) is 60.1 Å². The zero-order chi connectivity index (χ0) is 23.4. The number of hydrogen-bond donors (Lipinski definition) is 1. The number of benzene rings is 4. The summed E-state index contributed by atoms with van der Waals surface area (Å²) in [4.78, 5) is 12.9. The van der Waals surface area contributed by atoms with Crippen molar-refractivity contribution in [1.29, 1.82) is 0 Å². The topological polar surface area (TPSA) is 66.5 Å². The van der Waals surface area contributed by atoms with Gasteiger partial charge in [-0.2, -0.15) is 0 Å². The van der Waals surface area contributed by atoms with Crippen LogP contribution in [0.1, 0.15) is 11.1 Å². The first-order valence-electron chi connectivity index (χ1n) is 10.4. The number of anilines is 1. The summed E-state index contributed by atoms with van der Waals surface area (Å²) in [5, 5.41) is 5.48. The van der Waals surface area contributed by atoms with Crippen LogP contribution in [0.3, 0.4) is 0 Å². The normalized spacial score (nSPS) is 11.3. The molecule has 0 aliphatic heterocycles. The number of fused-ring (bicyclic) bond motifs is 1. The average molecular weight is 479 g/mol. The standard InChI is InChI=1S/C26H23ClN2O3S/c1-19-5-4-8-24(15-19)29(33(31,32)25-13-11-23(27)12-14-25)18-26(30)28-17-20-9-10-21-6-2-3-7-22(21)16-20/h2-16H,17-18H2,1H3,(H,28,30). The second-order valence-electron chi connectivity index (χ2n) is 7.76. The zero-order valence-electron chi connectivity index (χ0n) is 18.0. The maximum atomic E-state index is 13.4. The highest BCUT2D eigenvalue weighted by Crippen LogP contribution is 2.25. The van der Waals surface area contributed by atoms with E-state index in [0.29, 0.717) is 17.3 Å². The van der Waals surface area contributed by atoms with Crippen LogP contribution < -0.4 is 9.62 Å². The number of nitrogens with one attached hydrogen (secondary N) is 1. The van der Waals surface area contributed by atoms with Gasteiger partial charge in [0, 0.05) is 11.6 Å². The Hall–Kier alpha value is -3.35. The summed E-state index contributed by atoms with van der Waals surface area (Å²) in [5.74, 6) is -0.401. The van der Waals surface area contributed by atoms with Gasteiger partial charge in [-0.3, -0.25) is 9.10 Å². The molecule has 5 nitrogen and oxygen atoms in total. The number of carbonyl (C=O) groups excluding carboxylic acids is 1. The molecule has 0 saturated carbocycles. The molecule has 0 spiro atoms. The van der Waals surface area contributed by atoms with Crippen molar-refractivity contribution >= 4 is 44.0 Å². The maximum Gasteiger partial charge on any atom is 0.264 e. The van der Waals surface area contributed by atoms with Gasteiger partial charge in [0.2, 0.25) is 5.91 Å². The van der Waals surface area contributed by atoms with Gasteiger partial charge in [0.25, 0.3) is 10.0 Å². The van der Waals surface area contributed by atoms with E-state index in [0.717, 1.165) is 26.2 Å². The number of amides is 1. The van der Waals surface area contributed by atoms with E-state index in [4.69, 9.17) is 11.6 Å². The van der Waals surface area contributed by atoms with Crippen LogP contribution in [-0.4, -0.2) is 20.9 Å². The number of aryl methyl sites for hydroxylation is 1. The van der Waals surface area contributed by atoms with E-state index in [1.807, 2.05) is 55.5 Å². The van der Waals surface area contributed by atoms with Crippen LogP contribution in [0.5, 0.6) is 0 Å². The van der Waals surface area contributed by atoms with Crippen molar-refractivity contribution < 1.29 is 13.2 Å². The lowest BCUT2D eigenvalue weighted by Gasteiger charge is -2.24. The molecule has 0 radical (unpaired) electrons. The van der Waals surface area contributed by atoms with Crippen LogP contribution in [-0.2, 0) is 21.4 Å². The fraction of sp³-hybridized carbons (Fsp3) is 0.115. The predicted octanol–water partition coefficient (Wildman–Crippen LogP) is 5.31. The molecule has 0 aliphatic carbocycles. The van der Waals surface area contributed by atoms with E-state index in [1.54, 1.807) is 18.2 Å². The highest BCUT2D eigenvalue weighted by Gasteiger charge is 2.27. The number of nitrogens with zero attached hydrogens (tertiary/aromatic N) is 1. The van der Waals surface area contributed by atoms with Gasteiger partial charge in [0.05, 0.1) is 10.6 Å². The number of rotatable bonds is 7. The van der Waals surface area contributed by atoms with Crippen LogP contribution in [0.2, 0.25) is 5.02 Å². The van der Waals surface area contributed by atoms with Crippen LogP contribution in [0, 0.1) is 6.92 Å². The number of hydrogen-bond acceptors (Lipinski definition) is 3. The van der Waals surface area contributed by atoms with Gasteiger partial charge in [-0.05, 0) is 71.3 Å². The zero-order valence-corrected chi connectivity index (χ0v) is 19.6. The van der Waals surface area contributed by atoms with E-state index in [1.165, 1.54) is 24.3 Å². The van der Waals surface area contributed by atoms with Gasteiger partial charge in [0.15, 0.2) is 0 Å². The van der Waals surface area contributed by atoms with E-state index >= 15 is 0 Å². The predicted molar refractivity (Wildman–Crippen MR) is 133 cm³/mol. The van der Waals surface area contributed by atoms with Gasteiger partial charge >= 0.3 is 0 Å². The van der Waals surface area contributed by atoms with E-state index < -0.39 is 15.9 Å². The fourth-order valence-corrected chi connectivity index (χ4v) is 5.11. The lowest BCUT2D eigenvalue weighted by molar-refractivity contribution is -0.119. The third-order valence-corrected chi connectivity index (χ3v) is 7.32. The molecule has 0 aliphatic rings. The molecule has 1 N–H and O–H groups in total. The molecule has 1 amide bonds. The molecule has 7 heteroatoms. The summed E-state index contributed by atoms with van der Waals surface area (Å²) < 4.78 is 28.0. The van der Waals surface area contributed by atoms with Gasteiger partial charge in [-0.25, -0.2) is 8.42 Å². The third-order valence-electron chi connectivity index (χ3n) is 5.28. The van der Waals surface area contributed by atoms with Crippen molar-refractivity contribution in [3.8, 4) is 0 Å². The molecule has 4 aromatic carbocycles. The van der Waals surface area contributed by atoms with Crippen molar-refractivity contribution in [3.05, 3.63) is 107 Å². The molecule has 0 saturated heterocycles. The van der Waals surface area contributed by atoms with Crippen LogP contribution in [0.25, 0.3) is 10.8 Å². The van der Waals surface area contributed by atoms with Crippen LogP contribution in [0.4, 0.5) is 5.69 Å². The lowest BCUT2D eigenvalue weighted by Crippen LogP contribution is -2.40. The quantitative estimate of drug-likeness (QED) is 0.391. The smallest absolute Gasteiger partial charge is 0.264 e. The summed E-state index contributed by atoms with van der Waals surface area (Å²) in [6, 6.07) is 26.9. The summed E-state index contributed by atoms with van der Waals surface area (Å²) in [6.45, 7) is 1.82. The molecule has 0 atom stereocenters. The van der Waals surface area contributed by atoms with Crippen molar-refractivity contribution in [2.45, 2.75) is 18.4 Å². The molecule has 168 valence electrons. The highest BCUT2D eigenvalue weighted by molar-refractivity contribution is 7.92. The molecule has 0 aromatic heterocycles. The van der Waals surface area contributed by atoms with E-state index in [2.05, 4.69) is 5.32 Å². The maximum absolute atomic E-state index is 13.4. The Morgan fingerprint density at radius 2 is 1.61 bits per heavy atom. The minimum atomic E-state index is -3.98. The molecular formula is C26H23ClN2O3S. The number of carbonyl (C=O) groups is 1. The van der Waals surface area contributed by atoms with Crippen molar-refractivity contribution in [1.82, 2.24) is 5.32 Å². The lowest BCUT2D eigenvalue weighted by atomic mass is 10.1. The van der Waals surface area contributed by atoms with E-state index in [9.17, 15) is 13.2 Å². The summed E-state index contributed by atoms with van der Waals surface area (Å²) in [5.41, 5.74) is 2.25. The molecule has 0 fully saturated rings.